The van der Waals surface area contributed by atoms with Crippen molar-refractivity contribution in [1.82, 2.24) is 9.21 Å². The molecule has 2 saturated heterocycles. The molecule has 1 amide bonds. The van der Waals surface area contributed by atoms with E-state index in [4.69, 9.17) is 21.1 Å². The number of rotatable bonds is 8. The quantitative estimate of drug-likeness (QED) is 0.240. The number of carbonyl (C=O) groups excluding carboxylic acids is 2. The number of likely N-dealkylation sites (tertiary alicyclic amines) is 1. The zero-order chi connectivity index (χ0) is 25.9. The number of Topliss-reactive ketones (excluding diaryl/α,β-unsaturated/α-hetero) is 1. The molecule has 2 fully saturated rings. The standard InChI is InChI=1S/C25H27ClN2O7S/c1-34-13-3-10-28-22(18-4-2-5-19(26)16-18)21(24(30)25(28)31)23(29)17-6-8-20(9-7-17)36(32,33)27-11-14-35-15-12-27/h2,4-9,16,22,29H,3,10-15H2,1H3/b23-21+/t22-/m1/s1. The predicted molar refractivity (Wildman–Crippen MR) is 133 cm³/mol. The maximum atomic E-state index is 13.1. The topological polar surface area (TPSA) is 113 Å². The molecule has 0 saturated carbocycles. The normalized spacial score (nSPS) is 20.7. The molecule has 1 atom stereocenters. The number of ether oxygens (including phenoxy) is 2. The van der Waals surface area contributed by atoms with Gasteiger partial charge in [0.25, 0.3) is 11.7 Å². The molecule has 0 unspecified atom stereocenters. The maximum absolute atomic E-state index is 13.1. The van der Waals surface area contributed by atoms with Gasteiger partial charge < -0.3 is 19.5 Å². The Bertz CT molecular complexity index is 1270. The third-order valence-electron chi connectivity index (χ3n) is 6.19. The van der Waals surface area contributed by atoms with E-state index in [9.17, 15) is 23.1 Å². The molecule has 0 radical (unpaired) electrons. The Morgan fingerprint density at radius 1 is 1.14 bits per heavy atom. The molecule has 2 aromatic rings. The molecule has 0 spiro atoms. The highest BCUT2D eigenvalue weighted by Gasteiger charge is 2.45. The number of hydrogen-bond donors (Lipinski definition) is 1. The summed E-state index contributed by atoms with van der Waals surface area (Å²) in [6.07, 6.45) is 0.495. The molecule has 2 heterocycles. The van der Waals surface area contributed by atoms with E-state index in [1.165, 1.54) is 33.5 Å². The molecule has 0 aromatic heterocycles. The van der Waals surface area contributed by atoms with Crippen molar-refractivity contribution in [1.29, 1.82) is 0 Å². The lowest BCUT2D eigenvalue weighted by Gasteiger charge is -2.26. The number of nitrogens with zero attached hydrogens (tertiary/aromatic N) is 2. The van der Waals surface area contributed by atoms with Crippen LogP contribution in [0.2, 0.25) is 5.02 Å². The van der Waals surface area contributed by atoms with Gasteiger partial charge in [-0.05, 0) is 48.4 Å². The molecule has 2 aromatic carbocycles. The molecule has 0 bridgehead atoms. The number of aliphatic hydroxyl groups excluding tert-OH is 1. The Morgan fingerprint density at radius 2 is 1.83 bits per heavy atom. The Hall–Kier alpha value is -2.76. The Labute approximate surface area is 214 Å². The van der Waals surface area contributed by atoms with E-state index in [1.54, 1.807) is 31.4 Å². The van der Waals surface area contributed by atoms with Crippen LogP contribution in [0.4, 0.5) is 0 Å². The van der Waals surface area contributed by atoms with Crippen LogP contribution in [0, 0.1) is 0 Å². The minimum absolute atomic E-state index is 0.0624. The highest BCUT2D eigenvalue weighted by molar-refractivity contribution is 7.89. The van der Waals surface area contributed by atoms with Gasteiger partial charge in [0.2, 0.25) is 10.0 Å². The van der Waals surface area contributed by atoms with Crippen LogP contribution < -0.4 is 0 Å². The fraction of sp³-hybridized carbons (Fsp3) is 0.360. The molecule has 0 aliphatic carbocycles. The van der Waals surface area contributed by atoms with Crippen LogP contribution in [0.15, 0.2) is 59.0 Å². The van der Waals surface area contributed by atoms with Crippen molar-refractivity contribution in [3.8, 4) is 0 Å². The number of halogens is 1. The third-order valence-corrected chi connectivity index (χ3v) is 8.34. The smallest absolute Gasteiger partial charge is 0.295 e. The summed E-state index contributed by atoms with van der Waals surface area (Å²) in [5, 5.41) is 11.6. The molecule has 192 valence electrons. The summed E-state index contributed by atoms with van der Waals surface area (Å²) < 4.78 is 37.5. The largest absolute Gasteiger partial charge is 0.507 e. The van der Waals surface area contributed by atoms with Crippen molar-refractivity contribution in [2.24, 2.45) is 0 Å². The lowest BCUT2D eigenvalue weighted by Crippen LogP contribution is -2.40. The minimum Gasteiger partial charge on any atom is -0.507 e. The first-order valence-corrected chi connectivity index (χ1v) is 13.3. The van der Waals surface area contributed by atoms with Gasteiger partial charge in [0.05, 0.1) is 29.7 Å². The van der Waals surface area contributed by atoms with Crippen molar-refractivity contribution in [3.05, 3.63) is 70.3 Å². The number of carbonyl (C=O) groups is 2. The third kappa shape index (κ3) is 5.18. The zero-order valence-corrected chi connectivity index (χ0v) is 21.3. The van der Waals surface area contributed by atoms with Crippen LogP contribution in [-0.4, -0.2) is 81.0 Å². The summed E-state index contributed by atoms with van der Waals surface area (Å²) in [7, 11) is -2.18. The minimum atomic E-state index is -3.72. The highest BCUT2D eigenvalue weighted by atomic mass is 35.5. The van der Waals surface area contributed by atoms with Crippen molar-refractivity contribution in [2.75, 3.05) is 46.6 Å². The molecule has 2 aliphatic rings. The average Bonchev–Trinajstić information content (AvgIpc) is 3.14. The summed E-state index contributed by atoms with van der Waals surface area (Å²) in [6.45, 7) is 1.80. The number of ketones is 1. The van der Waals surface area contributed by atoms with Crippen LogP contribution in [0.1, 0.15) is 23.6 Å². The Balaban J connectivity index is 1.72. The molecular weight excluding hydrogens is 508 g/mol. The van der Waals surface area contributed by atoms with Gasteiger partial charge in [-0.1, -0.05) is 23.7 Å². The molecule has 11 heteroatoms. The van der Waals surface area contributed by atoms with Gasteiger partial charge in [0.15, 0.2) is 0 Å². The molecule has 1 N–H and O–H groups in total. The lowest BCUT2D eigenvalue weighted by atomic mass is 9.95. The van der Waals surface area contributed by atoms with Gasteiger partial charge in [-0.15, -0.1) is 0 Å². The second-order valence-electron chi connectivity index (χ2n) is 8.43. The van der Waals surface area contributed by atoms with Gasteiger partial charge >= 0.3 is 0 Å². The fourth-order valence-electron chi connectivity index (χ4n) is 4.39. The van der Waals surface area contributed by atoms with E-state index < -0.39 is 27.8 Å². The molecule has 36 heavy (non-hydrogen) atoms. The zero-order valence-electron chi connectivity index (χ0n) is 19.7. The van der Waals surface area contributed by atoms with Gasteiger partial charge in [0.1, 0.15) is 5.76 Å². The number of methoxy groups -OCH3 is 1. The average molecular weight is 535 g/mol. The predicted octanol–water partition coefficient (Wildman–Crippen LogP) is 2.82. The molecule has 2 aliphatic heterocycles. The van der Waals surface area contributed by atoms with E-state index in [-0.39, 0.29) is 41.4 Å². The van der Waals surface area contributed by atoms with E-state index in [0.29, 0.717) is 36.8 Å². The fourth-order valence-corrected chi connectivity index (χ4v) is 6.00. The summed E-state index contributed by atoms with van der Waals surface area (Å²) in [5.74, 6) is -1.94. The number of sulfonamides is 1. The number of aliphatic hydroxyl groups is 1. The van der Waals surface area contributed by atoms with Crippen molar-refractivity contribution in [3.63, 3.8) is 0 Å². The van der Waals surface area contributed by atoms with Crippen LogP contribution in [-0.2, 0) is 29.1 Å². The van der Waals surface area contributed by atoms with Gasteiger partial charge in [-0.3, -0.25) is 9.59 Å². The van der Waals surface area contributed by atoms with Crippen LogP contribution in [0.5, 0.6) is 0 Å². The van der Waals surface area contributed by atoms with Crippen molar-refractivity contribution >= 4 is 39.1 Å². The van der Waals surface area contributed by atoms with E-state index in [1.807, 2.05) is 0 Å². The number of benzene rings is 2. The Kier molecular flexibility index (Phi) is 8.11. The lowest BCUT2D eigenvalue weighted by molar-refractivity contribution is -0.140. The summed E-state index contributed by atoms with van der Waals surface area (Å²) in [6, 6.07) is 11.5. The number of hydrogen-bond acceptors (Lipinski definition) is 7. The molecule has 9 nitrogen and oxygen atoms in total. The number of morpholine rings is 1. The van der Waals surface area contributed by atoms with E-state index in [0.717, 1.165) is 0 Å². The second-order valence-corrected chi connectivity index (χ2v) is 10.8. The van der Waals surface area contributed by atoms with Gasteiger partial charge in [-0.25, -0.2) is 8.42 Å². The van der Waals surface area contributed by atoms with Crippen LogP contribution in [0.25, 0.3) is 5.76 Å². The molecule has 4 rings (SSSR count). The maximum Gasteiger partial charge on any atom is 0.295 e. The molecular formula is C25H27ClN2O7S. The second kappa shape index (κ2) is 11.1. The first-order valence-electron chi connectivity index (χ1n) is 11.5. The van der Waals surface area contributed by atoms with Gasteiger partial charge in [-0.2, -0.15) is 4.31 Å². The first-order chi connectivity index (χ1) is 17.3. The Morgan fingerprint density at radius 3 is 2.47 bits per heavy atom. The number of amides is 1. The summed E-state index contributed by atoms with van der Waals surface area (Å²) in [4.78, 5) is 27.5. The summed E-state index contributed by atoms with van der Waals surface area (Å²) in [5.41, 5.74) is 0.716. The highest BCUT2D eigenvalue weighted by Crippen LogP contribution is 2.40. The first kappa shape index (κ1) is 26.3. The summed E-state index contributed by atoms with van der Waals surface area (Å²) >= 11 is 6.18. The van der Waals surface area contributed by atoms with Gasteiger partial charge in [0, 0.05) is 43.9 Å². The van der Waals surface area contributed by atoms with Crippen LogP contribution in [0.3, 0.4) is 0 Å². The monoisotopic (exact) mass is 534 g/mol. The van der Waals surface area contributed by atoms with E-state index in [2.05, 4.69) is 0 Å². The van der Waals surface area contributed by atoms with E-state index >= 15 is 0 Å². The SMILES string of the molecule is COCCCN1C(=O)C(=O)/C(=C(/O)c2ccc(S(=O)(=O)N3CCOCC3)cc2)[C@H]1c1cccc(Cl)c1. The van der Waals surface area contributed by atoms with Crippen molar-refractivity contribution in [2.45, 2.75) is 17.4 Å². The van der Waals surface area contributed by atoms with Crippen LogP contribution >= 0.6 is 11.6 Å². The van der Waals surface area contributed by atoms with Crippen molar-refractivity contribution < 1.29 is 32.6 Å².